The number of hydrogen-bond acceptors (Lipinski definition) is 3. The third-order valence-corrected chi connectivity index (χ3v) is 1.39. The molecule has 0 fully saturated rings. The fraction of sp³-hybridized carbons (Fsp3) is 0.286. The molecule has 0 radical (unpaired) electrons. The van der Waals surface area contributed by atoms with E-state index in [1.165, 1.54) is 10.9 Å². The van der Waals surface area contributed by atoms with Crippen molar-refractivity contribution < 1.29 is 4.79 Å². The molecule has 0 saturated carbocycles. The number of halogens is 1. The lowest BCUT2D eigenvalue weighted by molar-refractivity contribution is -0.121. The number of nitrogens with zero attached hydrogens (tertiary/aromatic N) is 3. The number of nitrogens with one attached hydrogen (secondary N) is 1. The molecule has 70 valence electrons. The van der Waals surface area contributed by atoms with Gasteiger partial charge in [-0.3, -0.25) is 4.79 Å². The zero-order valence-electron chi connectivity index (χ0n) is 6.90. The normalized spacial score (nSPS) is 9.62. The van der Waals surface area contributed by atoms with E-state index >= 15 is 0 Å². The number of aromatic nitrogens is 3. The first kappa shape index (κ1) is 9.73. The van der Waals surface area contributed by atoms with Crippen LogP contribution in [-0.2, 0) is 11.3 Å². The van der Waals surface area contributed by atoms with Crippen molar-refractivity contribution in [3.63, 3.8) is 0 Å². The highest BCUT2D eigenvalue weighted by atomic mass is 35.5. The van der Waals surface area contributed by atoms with Crippen molar-refractivity contribution >= 4 is 17.5 Å². The van der Waals surface area contributed by atoms with Gasteiger partial charge in [0.15, 0.2) is 0 Å². The largest absolute Gasteiger partial charge is 0.350 e. The average molecular weight is 201 g/mol. The van der Waals surface area contributed by atoms with E-state index in [4.69, 9.17) is 11.6 Å². The maximum absolute atomic E-state index is 11.1. The fourth-order valence-electron chi connectivity index (χ4n) is 0.715. The van der Waals surface area contributed by atoms with Gasteiger partial charge >= 0.3 is 0 Å². The van der Waals surface area contributed by atoms with Crippen LogP contribution in [0.15, 0.2) is 24.0 Å². The van der Waals surface area contributed by atoms with E-state index in [0.29, 0.717) is 5.03 Å². The fourth-order valence-corrected chi connectivity index (χ4v) is 0.781. The van der Waals surface area contributed by atoms with E-state index < -0.39 is 0 Å². The molecule has 0 spiro atoms. The van der Waals surface area contributed by atoms with Crippen LogP contribution in [0.25, 0.3) is 0 Å². The van der Waals surface area contributed by atoms with Crippen molar-refractivity contribution in [3.8, 4) is 0 Å². The molecule has 0 bridgehead atoms. The monoisotopic (exact) mass is 200 g/mol. The summed E-state index contributed by atoms with van der Waals surface area (Å²) < 4.78 is 1.42. The van der Waals surface area contributed by atoms with E-state index in [0.717, 1.165) is 0 Å². The zero-order valence-corrected chi connectivity index (χ0v) is 7.66. The lowest BCUT2D eigenvalue weighted by Crippen LogP contribution is -2.28. The number of hydrogen-bond donors (Lipinski definition) is 1. The minimum absolute atomic E-state index is 0.143. The predicted molar refractivity (Wildman–Crippen MR) is 48.0 cm³/mol. The molecule has 0 aliphatic carbocycles. The molecular formula is C7H9ClN4O. The molecule has 6 heteroatoms. The van der Waals surface area contributed by atoms with E-state index in [1.807, 2.05) is 0 Å². The summed E-state index contributed by atoms with van der Waals surface area (Å²) in [6.45, 7) is 3.86. The summed E-state index contributed by atoms with van der Waals surface area (Å²) >= 11 is 5.46. The molecule has 0 aliphatic rings. The van der Waals surface area contributed by atoms with Crippen LogP contribution in [0.2, 0.25) is 0 Å². The topological polar surface area (TPSA) is 59.8 Å². The van der Waals surface area contributed by atoms with Gasteiger partial charge in [-0.2, -0.15) is 0 Å². The Morgan fingerprint density at radius 3 is 3.00 bits per heavy atom. The van der Waals surface area contributed by atoms with Crippen LogP contribution in [0.4, 0.5) is 0 Å². The van der Waals surface area contributed by atoms with E-state index in [1.54, 1.807) is 6.20 Å². The first-order valence-corrected chi connectivity index (χ1v) is 4.00. The molecule has 13 heavy (non-hydrogen) atoms. The van der Waals surface area contributed by atoms with Gasteiger partial charge in [-0.05, 0) is 0 Å². The lowest BCUT2D eigenvalue weighted by atomic mass is 10.5. The van der Waals surface area contributed by atoms with E-state index in [-0.39, 0.29) is 19.0 Å². The number of amides is 1. The SMILES string of the molecule is C=C(Cl)CNC(=O)Cn1ccnn1. The Bertz CT molecular complexity index is 295. The molecule has 0 saturated heterocycles. The number of carbonyl (C=O) groups is 1. The Morgan fingerprint density at radius 1 is 1.69 bits per heavy atom. The Hall–Kier alpha value is -1.36. The van der Waals surface area contributed by atoms with Crippen molar-refractivity contribution in [2.45, 2.75) is 6.54 Å². The molecule has 0 unspecified atom stereocenters. The second-order valence-corrected chi connectivity index (χ2v) is 2.93. The summed E-state index contributed by atoms with van der Waals surface area (Å²) in [6.07, 6.45) is 3.11. The molecule has 1 rings (SSSR count). The summed E-state index contributed by atoms with van der Waals surface area (Å²) in [7, 11) is 0. The summed E-state index contributed by atoms with van der Waals surface area (Å²) in [5.74, 6) is -0.174. The Labute approximate surface area is 80.4 Å². The smallest absolute Gasteiger partial charge is 0.242 e. The molecular weight excluding hydrogens is 192 g/mol. The molecule has 0 aromatic carbocycles. The number of carbonyl (C=O) groups excluding carboxylic acids is 1. The third-order valence-electron chi connectivity index (χ3n) is 1.25. The summed E-state index contributed by atoms with van der Waals surface area (Å²) in [5.41, 5.74) is 0. The maximum Gasteiger partial charge on any atom is 0.242 e. The van der Waals surface area contributed by atoms with Gasteiger partial charge in [0.05, 0.1) is 12.7 Å². The van der Waals surface area contributed by atoms with E-state index in [9.17, 15) is 4.79 Å². The molecule has 1 N–H and O–H groups in total. The van der Waals surface area contributed by atoms with Gasteiger partial charge in [-0.1, -0.05) is 23.4 Å². The van der Waals surface area contributed by atoms with Crippen LogP contribution in [-0.4, -0.2) is 27.4 Å². The van der Waals surface area contributed by atoms with Crippen LogP contribution < -0.4 is 5.32 Å². The van der Waals surface area contributed by atoms with Crippen molar-refractivity contribution in [2.24, 2.45) is 0 Å². The van der Waals surface area contributed by atoms with Gasteiger partial charge in [0.2, 0.25) is 5.91 Å². The molecule has 1 amide bonds. The molecule has 1 aromatic heterocycles. The minimum atomic E-state index is -0.174. The molecule has 1 aromatic rings. The Kier molecular flexibility index (Phi) is 3.45. The van der Waals surface area contributed by atoms with Crippen molar-refractivity contribution in [1.82, 2.24) is 20.3 Å². The first-order valence-electron chi connectivity index (χ1n) is 3.62. The lowest BCUT2D eigenvalue weighted by Gasteiger charge is -2.02. The van der Waals surface area contributed by atoms with Crippen LogP contribution in [0.5, 0.6) is 0 Å². The van der Waals surface area contributed by atoms with Gasteiger partial charge in [-0.15, -0.1) is 5.10 Å². The summed E-state index contributed by atoms with van der Waals surface area (Å²) in [6, 6.07) is 0. The van der Waals surface area contributed by atoms with Gasteiger partial charge < -0.3 is 5.32 Å². The molecule has 5 nitrogen and oxygen atoms in total. The van der Waals surface area contributed by atoms with Crippen molar-refractivity contribution in [3.05, 3.63) is 24.0 Å². The van der Waals surface area contributed by atoms with Gasteiger partial charge in [-0.25, -0.2) is 4.68 Å². The van der Waals surface area contributed by atoms with Gasteiger partial charge in [0.25, 0.3) is 0 Å². The predicted octanol–water partition coefficient (Wildman–Crippen LogP) is 0.147. The first-order chi connectivity index (χ1) is 6.18. The van der Waals surface area contributed by atoms with Crippen LogP contribution in [0.3, 0.4) is 0 Å². The summed E-state index contributed by atoms with van der Waals surface area (Å²) in [5, 5.41) is 10.2. The Morgan fingerprint density at radius 2 is 2.46 bits per heavy atom. The highest BCUT2D eigenvalue weighted by Gasteiger charge is 2.01. The molecule has 0 atom stereocenters. The minimum Gasteiger partial charge on any atom is -0.350 e. The van der Waals surface area contributed by atoms with Crippen molar-refractivity contribution in [1.29, 1.82) is 0 Å². The second-order valence-electron chi connectivity index (χ2n) is 2.39. The maximum atomic E-state index is 11.1. The van der Waals surface area contributed by atoms with Crippen molar-refractivity contribution in [2.75, 3.05) is 6.54 Å². The van der Waals surface area contributed by atoms with Gasteiger partial charge in [0.1, 0.15) is 6.54 Å². The van der Waals surface area contributed by atoms with Crippen LogP contribution in [0, 0.1) is 0 Å². The van der Waals surface area contributed by atoms with E-state index in [2.05, 4.69) is 22.2 Å². The zero-order chi connectivity index (χ0) is 9.68. The van der Waals surface area contributed by atoms with Gasteiger partial charge in [0, 0.05) is 11.2 Å². The standard InChI is InChI=1S/C7H9ClN4O/c1-6(8)4-9-7(13)5-12-3-2-10-11-12/h2-3H,1,4-5H2,(H,9,13). The number of rotatable bonds is 4. The highest BCUT2D eigenvalue weighted by molar-refractivity contribution is 6.29. The quantitative estimate of drug-likeness (QED) is 0.753. The third kappa shape index (κ3) is 3.71. The van der Waals surface area contributed by atoms with Crippen LogP contribution >= 0.6 is 11.6 Å². The second kappa shape index (κ2) is 4.61. The van der Waals surface area contributed by atoms with Crippen LogP contribution in [0.1, 0.15) is 0 Å². The molecule has 0 aliphatic heterocycles. The summed E-state index contributed by atoms with van der Waals surface area (Å²) in [4.78, 5) is 11.1. The molecule has 1 heterocycles. The Balaban J connectivity index is 2.30. The average Bonchev–Trinajstić information content (AvgIpc) is 2.53. The highest BCUT2D eigenvalue weighted by Crippen LogP contribution is 1.92.